The fourth-order valence-corrected chi connectivity index (χ4v) is 3.22. The summed E-state index contributed by atoms with van der Waals surface area (Å²) in [5.74, 6) is 0. The van der Waals surface area contributed by atoms with Crippen molar-refractivity contribution in [2.75, 3.05) is 26.2 Å². The molecule has 2 unspecified atom stereocenters. The van der Waals surface area contributed by atoms with Crippen LogP contribution < -0.4 is 5.32 Å². The monoisotopic (exact) mass is 310 g/mol. The maximum Gasteiger partial charge on any atom is 0.0586 e. The van der Waals surface area contributed by atoms with E-state index < -0.39 is 0 Å². The zero-order chi connectivity index (χ0) is 15.1. The Hall–Kier alpha value is -0.610. The Bertz CT molecular complexity index is 410. The van der Waals surface area contributed by atoms with Gasteiger partial charge in [0.15, 0.2) is 0 Å². The van der Waals surface area contributed by atoms with Crippen molar-refractivity contribution < 1.29 is 5.11 Å². The quantitative estimate of drug-likeness (QED) is 0.774. The summed E-state index contributed by atoms with van der Waals surface area (Å²) in [5.41, 5.74) is 1.30. The van der Waals surface area contributed by atoms with Crippen LogP contribution in [0.3, 0.4) is 0 Å². The second-order valence-corrected chi connectivity index (χ2v) is 6.30. The second kappa shape index (κ2) is 8.74. The maximum atomic E-state index is 9.42. The molecular weight excluding hydrogens is 284 g/mol. The van der Waals surface area contributed by atoms with Crippen LogP contribution in [0.5, 0.6) is 0 Å². The number of aliphatic hydroxyl groups is 1. The van der Waals surface area contributed by atoms with Gasteiger partial charge < -0.3 is 10.4 Å². The van der Waals surface area contributed by atoms with Crippen LogP contribution in [-0.2, 0) is 0 Å². The van der Waals surface area contributed by atoms with E-state index in [1.807, 2.05) is 12.1 Å². The lowest BCUT2D eigenvalue weighted by molar-refractivity contribution is 0.154. The number of aliphatic hydroxyl groups excluding tert-OH is 1. The number of nitrogens with zero attached hydrogens (tertiary/aromatic N) is 1. The van der Waals surface area contributed by atoms with Crippen molar-refractivity contribution >= 4 is 11.6 Å². The van der Waals surface area contributed by atoms with E-state index in [0.717, 1.165) is 43.9 Å². The fourth-order valence-electron chi connectivity index (χ4n) is 3.09. The van der Waals surface area contributed by atoms with Gasteiger partial charge in [0.25, 0.3) is 0 Å². The number of nitrogens with one attached hydrogen (secondary N) is 1. The predicted octanol–water partition coefficient (Wildman–Crippen LogP) is 3.23. The van der Waals surface area contributed by atoms with Gasteiger partial charge in [0.05, 0.1) is 6.61 Å². The van der Waals surface area contributed by atoms with E-state index in [1.165, 1.54) is 12.0 Å². The zero-order valence-corrected chi connectivity index (χ0v) is 13.6. The van der Waals surface area contributed by atoms with Gasteiger partial charge in [-0.25, -0.2) is 0 Å². The van der Waals surface area contributed by atoms with Gasteiger partial charge in [0, 0.05) is 23.7 Å². The summed E-state index contributed by atoms with van der Waals surface area (Å²) in [5, 5.41) is 13.8. The van der Waals surface area contributed by atoms with E-state index in [0.29, 0.717) is 12.1 Å². The molecule has 0 aliphatic carbocycles. The molecule has 1 heterocycles. The minimum Gasteiger partial charge on any atom is -0.395 e. The number of likely N-dealkylation sites (tertiary alicyclic amines) is 1. The topological polar surface area (TPSA) is 35.5 Å². The lowest BCUT2D eigenvalue weighted by atomic mass is 10.0. The molecule has 0 saturated carbocycles. The molecule has 1 aromatic carbocycles. The summed E-state index contributed by atoms with van der Waals surface area (Å²) in [4.78, 5) is 2.43. The van der Waals surface area contributed by atoms with Crippen molar-refractivity contribution in [3.05, 3.63) is 34.9 Å². The molecule has 3 nitrogen and oxygen atoms in total. The first-order valence-electron chi connectivity index (χ1n) is 8.08. The molecule has 1 aliphatic heterocycles. The van der Waals surface area contributed by atoms with Crippen molar-refractivity contribution in [2.45, 2.75) is 44.7 Å². The first-order chi connectivity index (χ1) is 10.2. The second-order valence-electron chi connectivity index (χ2n) is 5.86. The molecule has 118 valence electrons. The third kappa shape index (κ3) is 4.96. The molecule has 0 aromatic heterocycles. The number of rotatable bonds is 8. The molecule has 4 heteroatoms. The highest BCUT2D eigenvalue weighted by molar-refractivity contribution is 6.30. The van der Waals surface area contributed by atoms with Crippen molar-refractivity contribution in [1.82, 2.24) is 10.2 Å². The average molecular weight is 311 g/mol. The Morgan fingerprint density at radius 1 is 1.38 bits per heavy atom. The van der Waals surface area contributed by atoms with Crippen LogP contribution in [0.15, 0.2) is 24.3 Å². The summed E-state index contributed by atoms with van der Waals surface area (Å²) < 4.78 is 0. The molecule has 0 radical (unpaired) electrons. The van der Waals surface area contributed by atoms with E-state index in [2.05, 4.69) is 29.3 Å². The van der Waals surface area contributed by atoms with Gasteiger partial charge >= 0.3 is 0 Å². The van der Waals surface area contributed by atoms with Crippen LogP contribution >= 0.6 is 11.6 Å². The smallest absolute Gasteiger partial charge is 0.0586 e. The molecular formula is C17H27ClN2O. The molecule has 0 amide bonds. The summed E-state index contributed by atoms with van der Waals surface area (Å²) in [6.45, 7) is 5.65. The SMILES string of the molecule is CCCNC(CCN1CCCC1CO)c1ccc(Cl)cc1. The fraction of sp³-hybridized carbons (Fsp3) is 0.647. The van der Waals surface area contributed by atoms with Crippen LogP contribution in [-0.4, -0.2) is 42.3 Å². The standard InChI is InChI=1S/C17H27ClN2O/c1-2-10-19-17(14-5-7-15(18)8-6-14)9-12-20-11-3-4-16(20)13-21/h5-8,16-17,19,21H,2-4,9-13H2,1H3. The highest BCUT2D eigenvalue weighted by Gasteiger charge is 2.24. The molecule has 1 aliphatic rings. The van der Waals surface area contributed by atoms with Crippen molar-refractivity contribution in [2.24, 2.45) is 0 Å². The average Bonchev–Trinajstić information content (AvgIpc) is 2.96. The van der Waals surface area contributed by atoms with Gasteiger partial charge in [0.2, 0.25) is 0 Å². The van der Waals surface area contributed by atoms with E-state index >= 15 is 0 Å². The summed E-state index contributed by atoms with van der Waals surface area (Å²) in [6, 6.07) is 8.88. The largest absolute Gasteiger partial charge is 0.395 e. The normalized spacial score (nSPS) is 20.8. The first kappa shape index (κ1) is 16.8. The molecule has 2 atom stereocenters. The van der Waals surface area contributed by atoms with Gasteiger partial charge in [-0.05, 0) is 56.5 Å². The Balaban J connectivity index is 1.94. The van der Waals surface area contributed by atoms with Gasteiger partial charge in [-0.15, -0.1) is 0 Å². The van der Waals surface area contributed by atoms with Crippen molar-refractivity contribution in [1.29, 1.82) is 0 Å². The zero-order valence-electron chi connectivity index (χ0n) is 12.9. The van der Waals surface area contributed by atoms with E-state index in [-0.39, 0.29) is 6.61 Å². The minimum atomic E-state index is 0.286. The summed E-state index contributed by atoms with van der Waals surface area (Å²) in [7, 11) is 0. The third-order valence-electron chi connectivity index (χ3n) is 4.33. The molecule has 0 bridgehead atoms. The first-order valence-corrected chi connectivity index (χ1v) is 8.46. The van der Waals surface area contributed by atoms with Crippen LogP contribution in [0.1, 0.15) is 44.2 Å². The number of hydrogen-bond donors (Lipinski definition) is 2. The number of halogens is 1. The van der Waals surface area contributed by atoms with Crippen molar-refractivity contribution in [3.8, 4) is 0 Å². The highest BCUT2D eigenvalue weighted by Crippen LogP contribution is 2.23. The van der Waals surface area contributed by atoms with E-state index in [4.69, 9.17) is 11.6 Å². The summed E-state index contributed by atoms with van der Waals surface area (Å²) in [6.07, 6.45) is 4.54. The Morgan fingerprint density at radius 2 is 2.14 bits per heavy atom. The Morgan fingerprint density at radius 3 is 2.81 bits per heavy atom. The molecule has 1 fully saturated rings. The Labute approximate surface area is 133 Å². The summed E-state index contributed by atoms with van der Waals surface area (Å²) >= 11 is 5.98. The molecule has 0 spiro atoms. The molecule has 21 heavy (non-hydrogen) atoms. The van der Waals surface area contributed by atoms with Crippen LogP contribution in [0.25, 0.3) is 0 Å². The molecule has 1 aromatic rings. The van der Waals surface area contributed by atoms with Gasteiger partial charge in [0.1, 0.15) is 0 Å². The van der Waals surface area contributed by atoms with E-state index in [9.17, 15) is 5.11 Å². The van der Waals surface area contributed by atoms with Crippen molar-refractivity contribution in [3.63, 3.8) is 0 Å². The number of hydrogen-bond acceptors (Lipinski definition) is 3. The Kier molecular flexibility index (Phi) is 6.97. The van der Waals surface area contributed by atoms with Gasteiger partial charge in [-0.2, -0.15) is 0 Å². The van der Waals surface area contributed by atoms with Gasteiger partial charge in [-0.3, -0.25) is 4.90 Å². The highest BCUT2D eigenvalue weighted by atomic mass is 35.5. The van der Waals surface area contributed by atoms with Crippen LogP contribution in [0.2, 0.25) is 5.02 Å². The molecule has 1 saturated heterocycles. The van der Waals surface area contributed by atoms with E-state index in [1.54, 1.807) is 0 Å². The molecule has 2 N–H and O–H groups in total. The van der Waals surface area contributed by atoms with Crippen LogP contribution in [0, 0.1) is 0 Å². The lowest BCUT2D eigenvalue weighted by Gasteiger charge is -2.26. The lowest BCUT2D eigenvalue weighted by Crippen LogP contribution is -2.35. The maximum absolute atomic E-state index is 9.42. The van der Waals surface area contributed by atoms with Gasteiger partial charge in [-0.1, -0.05) is 30.7 Å². The van der Waals surface area contributed by atoms with Crippen LogP contribution in [0.4, 0.5) is 0 Å². The minimum absolute atomic E-state index is 0.286. The molecule has 2 rings (SSSR count). The number of benzene rings is 1. The predicted molar refractivity (Wildman–Crippen MR) is 88.8 cm³/mol. The third-order valence-corrected chi connectivity index (χ3v) is 4.58.